The molecule has 6 nitrogen and oxygen atoms in total. The van der Waals surface area contributed by atoms with Gasteiger partial charge in [-0.15, -0.1) is 0 Å². The van der Waals surface area contributed by atoms with E-state index in [1.54, 1.807) is 0 Å². The van der Waals surface area contributed by atoms with Gasteiger partial charge in [-0.2, -0.15) is 5.10 Å². The topological polar surface area (TPSA) is 50.6 Å². The molecule has 2 fully saturated rings. The number of nitrogens with zero attached hydrogens (tertiary/aromatic N) is 4. The summed E-state index contributed by atoms with van der Waals surface area (Å²) in [5.74, 6) is 0.167. The molecular weight excluding hydrogens is 316 g/mol. The molecule has 0 radical (unpaired) electrons. The zero-order chi connectivity index (χ0) is 17.4. The number of aromatic nitrogens is 2. The van der Waals surface area contributed by atoms with Crippen LogP contribution in [-0.4, -0.2) is 70.4 Å². The van der Waals surface area contributed by atoms with Gasteiger partial charge in [-0.1, -0.05) is 25.1 Å². The number of benzene rings is 1. The van der Waals surface area contributed by atoms with E-state index in [2.05, 4.69) is 16.9 Å². The molecule has 2 aliphatic heterocycles. The fraction of sp³-hybridized carbons (Fsp3) is 0.579. The van der Waals surface area contributed by atoms with E-state index >= 15 is 0 Å². The van der Waals surface area contributed by atoms with Gasteiger partial charge in [-0.05, 0) is 19.0 Å². The lowest BCUT2D eigenvalue weighted by Crippen LogP contribution is -2.61. The number of carbonyl (C=O) groups is 1. The number of carbonyl (C=O) groups excluding carboxylic acids is 1. The molecule has 25 heavy (non-hydrogen) atoms. The van der Waals surface area contributed by atoms with Crippen molar-refractivity contribution in [3.05, 3.63) is 30.0 Å². The molecule has 0 unspecified atom stereocenters. The predicted octanol–water partition coefficient (Wildman–Crippen LogP) is 1.44. The van der Waals surface area contributed by atoms with Gasteiger partial charge in [0.05, 0.1) is 36.4 Å². The van der Waals surface area contributed by atoms with Crippen LogP contribution >= 0.6 is 0 Å². The second kappa shape index (κ2) is 6.77. The lowest BCUT2D eigenvalue weighted by Gasteiger charge is -2.47. The van der Waals surface area contributed by atoms with Crippen LogP contribution in [0.5, 0.6) is 0 Å². The lowest BCUT2D eigenvalue weighted by atomic mass is 9.98. The van der Waals surface area contributed by atoms with Crippen molar-refractivity contribution in [2.24, 2.45) is 7.05 Å². The summed E-state index contributed by atoms with van der Waals surface area (Å²) in [6, 6.07) is 8.27. The Morgan fingerprint density at radius 3 is 3.00 bits per heavy atom. The smallest absolute Gasteiger partial charge is 0.229 e. The predicted molar refractivity (Wildman–Crippen MR) is 96.4 cm³/mol. The third-order valence-corrected chi connectivity index (χ3v) is 5.59. The minimum absolute atomic E-state index is 0.167. The number of hydrogen-bond donors (Lipinski definition) is 0. The van der Waals surface area contributed by atoms with Gasteiger partial charge in [0.25, 0.3) is 0 Å². The van der Waals surface area contributed by atoms with Crippen molar-refractivity contribution in [2.75, 3.05) is 32.8 Å². The van der Waals surface area contributed by atoms with Gasteiger partial charge in [0.2, 0.25) is 5.91 Å². The largest absolute Gasteiger partial charge is 0.374 e. The number of rotatable bonds is 3. The number of amides is 1. The van der Waals surface area contributed by atoms with Gasteiger partial charge in [0.15, 0.2) is 0 Å². The normalized spacial score (nSPS) is 24.5. The molecule has 0 N–H and O–H groups in total. The van der Waals surface area contributed by atoms with E-state index in [0.29, 0.717) is 19.6 Å². The minimum atomic E-state index is 0.167. The Morgan fingerprint density at radius 1 is 1.32 bits per heavy atom. The highest BCUT2D eigenvalue weighted by atomic mass is 16.5. The molecule has 2 saturated heterocycles. The average molecular weight is 342 g/mol. The Morgan fingerprint density at radius 2 is 2.16 bits per heavy atom. The van der Waals surface area contributed by atoms with Gasteiger partial charge in [-0.25, -0.2) is 0 Å². The van der Waals surface area contributed by atoms with E-state index in [9.17, 15) is 4.79 Å². The Bertz CT molecular complexity index is 772. The Balaban J connectivity index is 1.55. The summed E-state index contributed by atoms with van der Waals surface area (Å²) >= 11 is 0. The van der Waals surface area contributed by atoms with E-state index in [4.69, 9.17) is 4.74 Å². The fourth-order valence-electron chi connectivity index (χ4n) is 4.20. The monoisotopic (exact) mass is 342 g/mol. The third-order valence-electron chi connectivity index (χ3n) is 5.59. The lowest BCUT2D eigenvalue weighted by molar-refractivity contribution is -0.151. The number of piperidine rings is 1. The molecule has 2 aromatic rings. The molecule has 6 heteroatoms. The summed E-state index contributed by atoms with van der Waals surface area (Å²) in [4.78, 5) is 17.5. The second-order valence-electron chi connectivity index (χ2n) is 7.01. The first-order valence-corrected chi connectivity index (χ1v) is 9.21. The molecule has 0 spiro atoms. The van der Waals surface area contributed by atoms with Gasteiger partial charge in [0.1, 0.15) is 0 Å². The first-order chi connectivity index (χ1) is 12.2. The Hall–Kier alpha value is -1.92. The Kier molecular flexibility index (Phi) is 4.48. The van der Waals surface area contributed by atoms with Crippen LogP contribution in [0.15, 0.2) is 24.3 Å². The summed E-state index contributed by atoms with van der Waals surface area (Å²) < 4.78 is 7.80. The summed E-state index contributed by atoms with van der Waals surface area (Å²) in [7, 11) is 1.93. The van der Waals surface area contributed by atoms with Crippen molar-refractivity contribution >= 4 is 16.8 Å². The molecule has 4 rings (SSSR count). The zero-order valence-corrected chi connectivity index (χ0v) is 15.0. The number of hydrogen-bond acceptors (Lipinski definition) is 4. The van der Waals surface area contributed by atoms with Crippen molar-refractivity contribution in [1.82, 2.24) is 19.6 Å². The van der Waals surface area contributed by atoms with E-state index < -0.39 is 0 Å². The van der Waals surface area contributed by atoms with Crippen LogP contribution < -0.4 is 0 Å². The highest BCUT2D eigenvalue weighted by molar-refractivity contribution is 5.87. The maximum atomic E-state index is 13.1. The number of para-hydroxylation sites is 1. The van der Waals surface area contributed by atoms with Crippen molar-refractivity contribution in [2.45, 2.75) is 31.9 Å². The van der Waals surface area contributed by atoms with Crippen molar-refractivity contribution in [1.29, 1.82) is 0 Å². The number of likely N-dealkylation sites (N-methyl/N-ethyl adjacent to an activating group) is 1. The van der Waals surface area contributed by atoms with Gasteiger partial charge < -0.3 is 14.5 Å². The molecule has 0 saturated carbocycles. The van der Waals surface area contributed by atoms with Gasteiger partial charge >= 0.3 is 0 Å². The molecule has 3 heterocycles. The van der Waals surface area contributed by atoms with Crippen molar-refractivity contribution in [3.8, 4) is 0 Å². The molecular formula is C19H26N4O2. The average Bonchev–Trinajstić information content (AvgIpc) is 2.96. The van der Waals surface area contributed by atoms with Gasteiger partial charge in [-0.3, -0.25) is 9.48 Å². The van der Waals surface area contributed by atoms with Crippen LogP contribution in [0.25, 0.3) is 10.9 Å². The number of fused-ring (bicyclic) bond motifs is 2. The van der Waals surface area contributed by atoms with Crippen molar-refractivity contribution < 1.29 is 9.53 Å². The van der Waals surface area contributed by atoms with Crippen LogP contribution in [0.4, 0.5) is 0 Å². The first kappa shape index (κ1) is 16.5. The molecule has 0 bridgehead atoms. The van der Waals surface area contributed by atoms with E-state index in [-0.39, 0.29) is 18.1 Å². The summed E-state index contributed by atoms with van der Waals surface area (Å²) in [6.07, 6.45) is 1.55. The van der Waals surface area contributed by atoms with E-state index in [0.717, 1.165) is 42.7 Å². The number of aryl methyl sites for hydroxylation is 1. The van der Waals surface area contributed by atoms with Crippen LogP contribution in [0.2, 0.25) is 0 Å². The summed E-state index contributed by atoms with van der Waals surface area (Å²) in [5, 5.41) is 5.66. The van der Waals surface area contributed by atoms with E-state index in [1.807, 2.05) is 40.9 Å². The number of likely N-dealkylation sites (tertiary alicyclic amines) is 1. The molecule has 1 amide bonds. The van der Waals surface area contributed by atoms with Crippen LogP contribution in [0.1, 0.15) is 19.0 Å². The van der Waals surface area contributed by atoms with Crippen LogP contribution in [-0.2, 0) is 23.0 Å². The molecule has 2 aliphatic rings. The van der Waals surface area contributed by atoms with Gasteiger partial charge in [0, 0.05) is 32.1 Å². The molecule has 0 aliphatic carbocycles. The van der Waals surface area contributed by atoms with Crippen LogP contribution in [0, 0.1) is 0 Å². The number of morpholine rings is 1. The van der Waals surface area contributed by atoms with Crippen molar-refractivity contribution in [3.63, 3.8) is 0 Å². The summed E-state index contributed by atoms with van der Waals surface area (Å²) in [6.45, 7) is 6.50. The second-order valence-corrected chi connectivity index (χ2v) is 7.01. The zero-order valence-electron chi connectivity index (χ0n) is 15.0. The Labute approximate surface area is 148 Å². The molecule has 1 aromatic carbocycles. The molecule has 1 aromatic heterocycles. The quantitative estimate of drug-likeness (QED) is 0.847. The maximum Gasteiger partial charge on any atom is 0.229 e. The minimum Gasteiger partial charge on any atom is -0.374 e. The third kappa shape index (κ3) is 3.04. The SMILES string of the molecule is CCN1CC[C@H]2OCCN(C(=O)Cc3nn(C)c4ccccc34)[C@H]2C1. The first-order valence-electron chi connectivity index (χ1n) is 9.21. The molecule has 134 valence electrons. The highest BCUT2D eigenvalue weighted by Crippen LogP contribution is 2.25. The van der Waals surface area contributed by atoms with E-state index in [1.165, 1.54) is 0 Å². The molecule has 2 atom stereocenters. The van der Waals surface area contributed by atoms with Crippen LogP contribution in [0.3, 0.4) is 0 Å². The standard InChI is InChI=1S/C19H26N4O2/c1-3-22-9-8-18-17(13-22)23(10-11-25-18)19(24)12-15-14-6-4-5-7-16(14)21(2)20-15/h4-7,17-18H,3,8-13H2,1-2H3/t17-,18+/m0/s1. The number of ether oxygens (including phenoxy) is 1. The maximum absolute atomic E-state index is 13.1. The summed E-state index contributed by atoms with van der Waals surface area (Å²) in [5.41, 5.74) is 1.94. The fourth-order valence-corrected chi connectivity index (χ4v) is 4.20. The highest BCUT2D eigenvalue weighted by Gasteiger charge is 2.38.